The summed E-state index contributed by atoms with van der Waals surface area (Å²) >= 11 is 7.36. The number of aromatic nitrogens is 1. The molecule has 3 unspecified atom stereocenters. The van der Waals surface area contributed by atoms with Gasteiger partial charge in [0.2, 0.25) is 5.91 Å². The number of likely N-dealkylation sites (N-methyl/N-ethyl adjacent to an activating group) is 1. The maximum absolute atomic E-state index is 13.2. The number of hydrogen-bond donors (Lipinski definition) is 2. The highest BCUT2D eigenvalue weighted by Gasteiger charge is 2.37. The zero-order chi connectivity index (χ0) is 24.4. The van der Waals surface area contributed by atoms with Gasteiger partial charge in [0.1, 0.15) is 0 Å². The molecule has 2 aromatic rings. The van der Waals surface area contributed by atoms with Crippen molar-refractivity contribution in [3.63, 3.8) is 0 Å². The van der Waals surface area contributed by atoms with Crippen LogP contribution in [0.3, 0.4) is 0 Å². The molecule has 3 amide bonds. The van der Waals surface area contributed by atoms with Crippen LogP contribution in [0.1, 0.15) is 50.0 Å². The Kier molecular flexibility index (Phi) is 7.54. The van der Waals surface area contributed by atoms with Crippen molar-refractivity contribution in [2.45, 2.75) is 44.3 Å². The van der Waals surface area contributed by atoms with Gasteiger partial charge in [0, 0.05) is 61.0 Å². The Labute approximate surface area is 208 Å². The number of thiazole rings is 1. The standard InChI is InChI=1S/C24H30ClN5O3S/c1-29(2)24(33)15-6-9-17(26-21(31)14-4-7-16(25)8-5-14)19(12-15)27-22(32)23-28-18-10-11-30(3)13-20(18)34-23/h4-5,7-8,15,17,19H,6,9-13H2,1-3H3,(H,26,31)(H,27,32). The van der Waals surface area contributed by atoms with E-state index in [0.717, 1.165) is 30.1 Å². The largest absolute Gasteiger partial charge is 0.349 e. The highest BCUT2D eigenvalue weighted by molar-refractivity contribution is 7.13. The Bertz CT molecular complexity index is 1070. The van der Waals surface area contributed by atoms with Crippen LogP contribution in [0.2, 0.25) is 5.02 Å². The lowest BCUT2D eigenvalue weighted by Crippen LogP contribution is -2.55. The topological polar surface area (TPSA) is 94.6 Å². The van der Waals surface area contributed by atoms with E-state index in [1.807, 2.05) is 0 Å². The van der Waals surface area contributed by atoms with Gasteiger partial charge < -0.3 is 20.4 Å². The van der Waals surface area contributed by atoms with E-state index in [2.05, 4.69) is 27.6 Å². The molecule has 1 aromatic heterocycles. The van der Waals surface area contributed by atoms with Crippen molar-refractivity contribution < 1.29 is 14.4 Å². The SMILES string of the molecule is CN1CCc2nc(C(=O)NC3CC(C(=O)N(C)C)CCC3NC(=O)c3ccc(Cl)cc3)sc2C1. The van der Waals surface area contributed by atoms with Crippen LogP contribution in [0.15, 0.2) is 24.3 Å². The molecule has 8 nitrogen and oxygen atoms in total. The first-order valence-electron chi connectivity index (χ1n) is 11.5. The summed E-state index contributed by atoms with van der Waals surface area (Å²) < 4.78 is 0. The van der Waals surface area contributed by atoms with Gasteiger partial charge in [-0.15, -0.1) is 11.3 Å². The fourth-order valence-corrected chi connectivity index (χ4v) is 5.81. The van der Waals surface area contributed by atoms with Crippen molar-refractivity contribution in [3.05, 3.63) is 50.4 Å². The van der Waals surface area contributed by atoms with Crippen LogP contribution in [0.5, 0.6) is 0 Å². The van der Waals surface area contributed by atoms with E-state index in [1.54, 1.807) is 43.3 Å². The summed E-state index contributed by atoms with van der Waals surface area (Å²) in [6.07, 6.45) is 2.53. The Morgan fingerprint density at radius 2 is 1.79 bits per heavy atom. The normalized spacial score (nSPS) is 22.5. The fourth-order valence-electron chi connectivity index (χ4n) is 4.60. The van der Waals surface area contributed by atoms with E-state index in [4.69, 9.17) is 11.6 Å². The molecule has 2 N–H and O–H groups in total. The molecular weight excluding hydrogens is 474 g/mol. The minimum absolute atomic E-state index is 0.0366. The minimum atomic E-state index is -0.380. The van der Waals surface area contributed by atoms with Gasteiger partial charge in [-0.25, -0.2) is 4.98 Å². The third-order valence-electron chi connectivity index (χ3n) is 6.50. The maximum atomic E-state index is 13.2. The summed E-state index contributed by atoms with van der Waals surface area (Å²) in [5, 5.41) is 7.14. The zero-order valence-electron chi connectivity index (χ0n) is 19.6. The number of amides is 3. The number of carbonyl (C=O) groups excluding carboxylic acids is 3. The Morgan fingerprint density at radius 3 is 2.50 bits per heavy atom. The summed E-state index contributed by atoms with van der Waals surface area (Å²) in [7, 11) is 5.53. The first kappa shape index (κ1) is 24.6. The van der Waals surface area contributed by atoms with Crippen LogP contribution in [-0.4, -0.2) is 72.3 Å². The van der Waals surface area contributed by atoms with Gasteiger partial charge in [0.15, 0.2) is 5.01 Å². The van der Waals surface area contributed by atoms with Crippen LogP contribution in [-0.2, 0) is 17.8 Å². The van der Waals surface area contributed by atoms with Crippen LogP contribution in [0, 0.1) is 5.92 Å². The molecule has 0 radical (unpaired) electrons. The lowest BCUT2D eigenvalue weighted by molar-refractivity contribution is -0.134. The van der Waals surface area contributed by atoms with Crippen molar-refractivity contribution in [3.8, 4) is 0 Å². The molecule has 0 bridgehead atoms. The minimum Gasteiger partial charge on any atom is -0.349 e. The predicted molar refractivity (Wildman–Crippen MR) is 132 cm³/mol. The first-order chi connectivity index (χ1) is 16.2. The second-order valence-electron chi connectivity index (χ2n) is 9.29. The Morgan fingerprint density at radius 1 is 1.09 bits per heavy atom. The van der Waals surface area contributed by atoms with E-state index in [-0.39, 0.29) is 35.7 Å². The van der Waals surface area contributed by atoms with Gasteiger partial charge in [-0.2, -0.15) is 0 Å². The summed E-state index contributed by atoms with van der Waals surface area (Å²) in [4.78, 5) is 48.2. The smallest absolute Gasteiger partial charge is 0.280 e. The molecule has 2 heterocycles. The molecule has 34 heavy (non-hydrogen) atoms. The third-order valence-corrected chi connectivity index (χ3v) is 7.83. The van der Waals surface area contributed by atoms with Crippen LogP contribution in [0.4, 0.5) is 0 Å². The molecule has 2 aliphatic rings. The quantitative estimate of drug-likeness (QED) is 0.654. The fraction of sp³-hybridized carbons (Fsp3) is 0.500. The van der Waals surface area contributed by atoms with E-state index in [0.29, 0.717) is 34.9 Å². The van der Waals surface area contributed by atoms with Gasteiger partial charge in [-0.1, -0.05) is 11.6 Å². The predicted octanol–water partition coefficient (Wildman–Crippen LogP) is 2.57. The molecule has 3 atom stereocenters. The lowest BCUT2D eigenvalue weighted by atomic mass is 9.81. The van der Waals surface area contributed by atoms with Gasteiger partial charge in [-0.05, 0) is 50.6 Å². The number of benzene rings is 1. The molecule has 4 rings (SSSR count). The zero-order valence-corrected chi connectivity index (χ0v) is 21.2. The molecular formula is C24H30ClN5O3S. The van der Waals surface area contributed by atoms with E-state index in [1.165, 1.54) is 11.3 Å². The van der Waals surface area contributed by atoms with Crippen molar-refractivity contribution in [1.29, 1.82) is 0 Å². The molecule has 10 heteroatoms. The van der Waals surface area contributed by atoms with Gasteiger partial charge in [0.25, 0.3) is 11.8 Å². The summed E-state index contributed by atoms with van der Waals surface area (Å²) in [6.45, 7) is 1.72. The molecule has 182 valence electrons. The molecule has 1 aliphatic heterocycles. The first-order valence-corrected chi connectivity index (χ1v) is 12.7. The Hall–Kier alpha value is -2.49. The second-order valence-corrected chi connectivity index (χ2v) is 10.8. The van der Waals surface area contributed by atoms with Crippen LogP contribution in [0.25, 0.3) is 0 Å². The maximum Gasteiger partial charge on any atom is 0.280 e. The third kappa shape index (κ3) is 5.59. The summed E-state index contributed by atoms with van der Waals surface area (Å²) in [5.41, 5.74) is 1.49. The summed E-state index contributed by atoms with van der Waals surface area (Å²) in [5.74, 6) is -0.654. The highest BCUT2D eigenvalue weighted by atomic mass is 35.5. The molecule has 0 saturated heterocycles. The second kappa shape index (κ2) is 10.4. The Balaban J connectivity index is 1.50. The molecule has 1 aliphatic carbocycles. The van der Waals surface area contributed by atoms with E-state index < -0.39 is 0 Å². The van der Waals surface area contributed by atoms with Crippen molar-refractivity contribution in [1.82, 2.24) is 25.4 Å². The van der Waals surface area contributed by atoms with Gasteiger partial charge in [0.05, 0.1) is 11.7 Å². The van der Waals surface area contributed by atoms with Gasteiger partial charge in [-0.3, -0.25) is 14.4 Å². The molecule has 0 spiro atoms. The van der Waals surface area contributed by atoms with Crippen molar-refractivity contribution >= 4 is 40.7 Å². The molecule has 1 saturated carbocycles. The molecule has 1 aromatic carbocycles. The number of rotatable bonds is 5. The average molecular weight is 504 g/mol. The monoisotopic (exact) mass is 503 g/mol. The number of nitrogens with one attached hydrogen (secondary N) is 2. The van der Waals surface area contributed by atoms with E-state index in [9.17, 15) is 14.4 Å². The van der Waals surface area contributed by atoms with Crippen molar-refractivity contribution in [2.24, 2.45) is 5.92 Å². The van der Waals surface area contributed by atoms with Gasteiger partial charge >= 0.3 is 0 Å². The number of nitrogens with zero attached hydrogens (tertiary/aromatic N) is 3. The number of carbonyl (C=O) groups is 3. The summed E-state index contributed by atoms with van der Waals surface area (Å²) in [6, 6.07) is 6.01. The molecule has 1 fully saturated rings. The van der Waals surface area contributed by atoms with Crippen LogP contribution >= 0.6 is 22.9 Å². The van der Waals surface area contributed by atoms with E-state index >= 15 is 0 Å². The average Bonchev–Trinajstić information content (AvgIpc) is 3.23. The lowest BCUT2D eigenvalue weighted by Gasteiger charge is -2.37. The van der Waals surface area contributed by atoms with Crippen molar-refractivity contribution in [2.75, 3.05) is 27.7 Å². The highest BCUT2D eigenvalue weighted by Crippen LogP contribution is 2.28. The number of halogens is 1. The number of fused-ring (bicyclic) bond motifs is 1. The van der Waals surface area contributed by atoms with Crippen LogP contribution < -0.4 is 10.6 Å². The number of hydrogen-bond acceptors (Lipinski definition) is 6.